The van der Waals surface area contributed by atoms with Crippen molar-refractivity contribution in [2.24, 2.45) is 0 Å². The van der Waals surface area contributed by atoms with Gasteiger partial charge in [-0.25, -0.2) is 4.79 Å². The van der Waals surface area contributed by atoms with Gasteiger partial charge in [0.25, 0.3) is 0 Å². The highest BCUT2D eigenvalue weighted by atomic mass is 79.9. The summed E-state index contributed by atoms with van der Waals surface area (Å²) in [5.74, 6) is -0.312. The number of nitrogens with zero attached hydrogens (tertiary/aromatic N) is 2. The van der Waals surface area contributed by atoms with Gasteiger partial charge in [-0.15, -0.1) is 10.2 Å². The first-order chi connectivity index (χ1) is 10.0. The molecule has 2 rings (SSSR count). The summed E-state index contributed by atoms with van der Waals surface area (Å²) in [5, 5.41) is 15.3. The summed E-state index contributed by atoms with van der Waals surface area (Å²) in [5.41, 5.74) is 3.13. The van der Waals surface area contributed by atoms with E-state index < -0.39 is 6.03 Å². The first kappa shape index (κ1) is 15.4. The number of urea groups is 1. The van der Waals surface area contributed by atoms with Gasteiger partial charge in [0.05, 0.1) is 6.54 Å². The van der Waals surface area contributed by atoms with E-state index in [9.17, 15) is 9.59 Å². The van der Waals surface area contributed by atoms with E-state index in [-0.39, 0.29) is 12.5 Å². The van der Waals surface area contributed by atoms with Crippen molar-refractivity contribution >= 4 is 50.0 Å². The average Bonchev–Trinajstić information content (AvgIpc) is 2.92. The Hall–Kier alpha value is -2.00. The molecule has 0 bridgehead atoms. The molecule has 0 aliphatic rings. The summed E-state index contributed by atoms with van der Waals surface area (Å²) in [6.07, 6.45) is 0. The van der Waals surface area contributed by atoms with Gasteiger partial charge in [-0.2, -0.15) is 0 Å². The number of aromatic nitrogens is 2. The van der Waals surface area contributed by atoms with Gasteiger partial charge in [0, 0.05) is 10.2 Å². The van der Waals surface area contributed by atoms with E-state index in [0.717, 1.165) is 10.0 Å². The lowest BCUT2D eigenvalue weighted by Crippen LogP contribution is -2.35. The normalized spacial score (nSPS) is 10.0. The number of halogens is 1. The molecule has 3 N–H and O–H groups in total. The van der Waals surface area contributed by atoms with Gasteiger partial charge in [0.2, 0.25) is 11.0 Å². The van der Waals surface area contributed by atoms with E-state index >= 15 is 0 Å². The monoisotopic (exact) mass is 369 g/mol. The van der Waals surface area contributed by atoms with Gasteiger partial charge in [-0.05, 0) is 30.7 Å². The van der Waals surface area contributed by atoms with Crippen molar-refractivity contribution in [2.45, 2.75) is 6.92 Å². The molecule has 0 fully saturated rings. The van der Waals surface area contributed by atoms with Crippen LogP contribution in [0.3, 0.4) is 0 Å². The highest BCUT2D eigenvalue weighted by Gasteiger charge is 2.08. The lowest BCUT2D eigenvalue weighted by Gasteiger charge is -2.09. The van der Waals surface area contributed by atoms with Crippen molar-refractivity contribution < 1.29 is 9.59 Å². The molecule has 1 aromatic carbocycles. The topological polar surface area (TPSA) is 96.0 Å². The second-order valence-electron chi connectivity index (χ2n) is 4.06. The van der Waals surface area contributed by atoms with Crippen LogP contribution in [0.1, 0.15) is 5.56 Å². The summed E-state index contributed by atoms with van der Waals surface area (Å²) in [6.45, 7) is 1.75. The predicted octanol–water partition coefficient (Wildman–Crippen LogP) is 2.37. The number of rotatable bonds is 4. The van der Waals surface area contributed by atoms with Crippen LogP contribution in [0.2, 0.25) is 0 Å². The van der Waals surface area contributed by atoms with Crippen molar-refractivity contribution in [3.05, 3.63) is 33.7 Å². The third kappa shape index (κ3) is 4.80. The van der Waals surface area contributed by atoms with Gasteiger partial charge in [-0.1, -0.05) is 27.3 Å². The maximum atomic E-state index is 11.8. The lowest BCUT2D eigenvalue weighted by atomic mass is 10.2. The summed E-state index contributed by atoms with van der Waals surface area (Å²) >= 11 is 4.54. The van der Waals surface area contributed by atoms with Crippen LogP contribution in [-0.2, 0) is 4.79 Å². The largest absolute Gasteiger partial charge is 0.329 e. The molecular weight excluding hydrogens is 358 g/mol. The van der Waals surface area contributed by atoms with Gasteiger partial charge in [0.1, 0.15) is 5.51 Å². The maximum Gasteiger partial charge on any atom is 0.321 e. The fraction of sp³-hybridized carbons (Fsp3) is 0.167. The number of carbonyl (C=O) groups excluding carboxylic acids is 2. The third-order valence-corrected chi connectivity index (χ3v) is 3.55. The van der Waals surface area contributed by atoms with Crippen LogP contribution in [0, 0.1) is 6.92 Å². The van der Waals surface area contributed by atoms with Gasteiger partial charge >= 0.3 is 6.03 Å². The van der Waals surface area contributed by atoms with Gasteiger partial charge < -0.3 is 10.6 Å². The molecule has 0 atom stereocenters. The zero-order chi connectivity index (χ0) is 15.2. The molecule has 110 valence electrons. The number of hydrogen-bond donors (Lipinski definition) is 3. The number of carbonyl (C=O) groups is 2. The standard InChI is InChI=1S/C12H12BrN5O2S/c1-7-4-8(13)2-3-9(7)16-10(19)5-14-11(20)17-12-18-15-6-21-12/h2-4,6H,5H2,1H3,(H,16,19)(H2,14,17,18,20). The molecule has 0 saturated heterocycles. The maximum absolute atomic E-state index is 11.8. The first-order valence-electron chi connectivity index (χ1n) is 5.91. The Bertz CT molecular complexity index is 647. The molecule has 0 aliphatic heterocycles. The number of amides is 3. The van der Waals surface area contributed by atoms with E-state index in [1.54, 1.807) is 6.07 Å². The minimum Gasteiger partial charge on any atom is -0.329 e. The highest BCUT2D eigenvalue weighted by Crippen LogP contribution is 2.19. The minimum absolute atomic E-state index is 0.139. The van der Waals surface area contributed by atoms with Crippen LogP contribution in [0.5, 0.6) is 0 Å². The van der Waals surface area contributed by atoms with Gasteiger partial charge in [0.15, 0.2) is 0 Å². The highest BCUT2D eigenvalue weighted by molar-refractivity contribution is 9.10. The van der Waals surface area contributed by atoms with Crippen LogP contribution in [-0.4, -0.2) is 28.7 Å². The first-order valence-corrected chi connectivity index (χ1v) is 7.59. The Morgan fingerprint density at radius 2 is 2.14 bits per heavy atom. The van der Waals surface area contributed by atoms with E-state index in [1.807, 2.05) is 19.1 Å². The van der Waals surface area contributed by atoms with E-state index in [4.69, 9.17) is 0 Å². The Kier molecular flexibility index (Phi) is 5.23. The molecule has 2 aromatic rings. The smallest absolute Gasteiger partial charge is 0.321 e. The van der Waals surface area contributed by atoms with Gasteiger partial charge in [-0.3, -0.25) is 10.1 Å². The van der Waals surface area contributed by atoms with E-state index in [0.29, 0.717) is 10.8 Å². The van der Waals surface area contributed by atoms with Crippen LogP contribution >= 0.6 is 27.3 Å². The lowest BCUT2D eigenvalue weighted by molar-refractivity contribution is -0.115. The second kappa shape index (κ2) is 7.14. The zero-order valence-corrected chi connectivity index (χ0v) is 13.4. The predicted molar refractivity (Wildman–Crippen MR) is 84.4 cm³/mol. The molecule has 0 spiro atoms. The molecule has 9 heteroatoms. The number of nitrogens with one attached hydrogen (secondary N) is 3. The Labute approximate surface area is 133 Å². The molecule has 0 radical (unpaired) electrons. The molecular formula is C12H12BrN5O2S. The summed E-state index contributed by atoms with van der Waals surface area (Å²) in [6, 6.07) is 5.01. The van der Waals surface area contributed by atoms with Crippen LogP contribution < -0.4 is 16.0 Å². The zero-order valence-electron chi connectivity index (χ0n) is 11.0. The van der Waals surface area contributed by atoms with Crippen molar-refractivity contribution in [3.63, 3.8) is 0 Å². The Morgan fingerprint density at radius 3 is 2.81 bits per heavy atom. The van der Waals surface area contributed by atoms with Crippen molar-refractivity contribution in [1.82, 2.24) is 15.5 Å². The molecule has 0 saturated carbocycles. The molecule has 1 aromatic heterocycles. The van der Waals surface area contributed by atoms with Crippen LogP contribution in [0.25, 0.3) is 0 Å². The molecule has 0 unspecified atom stereocenters. The number of aryl methyl sites for hydroxylation is 1. The van der Waals surface area contributed by atoms with Crippen LogP contribution in [0.15, 0.2) is 28.2 Å². The quantitative estimate of drug-likeness (QED) is 0.770. The molecule has 3 amide bonds. The fourth-order valence-corrected chi connectivity index (χ4v) is 2.41. The number of benzene rings is 1. The summed E-state index contributed by atoms with van der Waals surface area (Å²) < 4.78 is 0.938. The minimum atomic E-state index is -0.505. The Balaban J connectivity index is 1.80. The number of anilines is 2. The van der Waals surface area contributed by atoms with Crippen molar-refractivity contribution in [2.75, 3.05) is 17.2 Å². The molecule has 1 heterocycles. The average molecular weight is 370 g/mol. The fourth-order valence-electron chi connectivity index (χ4n) is 1.49. The molecule has 7 nitrogen and oxygen atoms in total. The number of hydrogen-bond acceptors (Lipinski definition) is 5. The molecule has 0 aliphatic carbocycles. The Morgan fingerprint density at radius 1 is 1.33 bits per heavy atom. The van der Waals surface area contributed by atoms with E-state index in [1.165, 1.54) is 16.8 Å². The third-order valence-electron chi connectivity index (χ3n) is 2.45. The second-order valence-corrected chi connectivity index (χ2v) is 5.81. The van der Waals surface area contributed by atoms with Crippen LogP contribution in [0.4, 0.5) is 15.6 Å². The summed E-state index contributed by atoms with van der Waals surface area (Å²) in [4.78, 5) is 23.3. The SMILES string of the molecule is Cc1cc(Br)ccc1NC(=O)CNC(=O)Nc1nncs1. The molecule has 21 heavy (non-hydrogen) atoms. The van der Waals surface area contributed by atoms with E-state index in [2.05, 4.69) is 42.1 Å². The van der Waals surface area contributed by atoms with Crippen molar-refractivity contribution in [3.8, 4) is 0 Å². The summed E-state index contributed by atoms with van der Waals surface area (Å²) in [7, 11) is 0. The van der Waals surface area contributed by atoms with Crippen molar-refractivity contribution in [1.29, 1.82) is 0 Å².